The third kappa shape index (κ3) is 3.96. The number of piperazine rings is 1. The zero-order valence-electron chi connectivity index (χ0n) is 17.3. The average molecular weight is 436 g/mol. The van der Waals surface area contributed by atoms with Gasteiger partial charge in [0.15, 0.2) is 0 Å². The van der Waals surface area contributed by atoms with Crippen LogP contribution in [-0.4, -0.2) is 49.7 Å². The summed E-state index contributed by atoms with van der Waals surface area (Å²) >= 11 is 0. The molecular weight excluding hydrogens is 410 g/mol. The van der Waals surface area contributed by atoms with Crippen molar-refractivity contribution in [1.29, 1.82) is 0 Å². The molecule has 5 rings (SSSR count). The maximum atomic E-state index is 13.2. The van der Waals surface area contributed by atoms with Crippen molar-refractivity contribution < 1.29 is 13.2 Å². The lowest BCUT2D eigenvalue weighted by Crippen LogP contribution is -2.48. The molecule has 0 radical (unpaired) electrons. The Hall–Kier alpha value is -2.74. The Bertz CT molecular complexity index is 1240. The summed E-state index contributed by atoms with van der Waals surface area (Å²) in [7, 11) is -3.55. The lowest BCUT2D eigenvalue weighted by molar-refractivity contribution is -0.116. The number of nitrogens with one attached hydrogen (secondary N) is 1. The number of rotatable bonds is 4. The van der Waals surface area contributed by atoms with Crippen molar-refractivity contribution in [2.24, 2.45) is 0 Å². The summed E-state index contributed by atoms with van der Waals surface area (Å²) in [5.41, 5.74) is 2.87. The predicted molar refractivity (Wildman–Crippen MR) is 121 cm³/mol. The van der Waals surface area contributed by atoms with E-state index in [1.54, 1.807) is 22.5 Å². The number of fused-ring (bicyclic) bond motifs is 2. The van der Waals surface area contributed by atoms with E-state index in [9.17, 15) is 13.2 Å². The Labute approximate surface area is 182 Å². The van der Waals surface area contributed by atoms with Crippen LogP contribution in [0.15, 0.2) is 65.6 Å². The molecule has 0 unspecified atom stereocenters. The van der Waals surface area contributed by atoms with Crippen LogP contribution in [-0.2, 0) is 27.8 Å². The molecule has 2 heterocycles. The number of amides is 1. The lowest BCUT2D eigenvalue weighted by Gasteiger charge is -2.34. The number of sulfonamides is 1. The molecule has 1 N–H and O–H groups in total. The molecule has 1 fully saturated rings. The highest BCUT2D eigenvalue weighted by Crippen LogP contribution is 2.28. The van der Waals surface area contributed by atoms with Crippen LogP contribution in [0.2, 0.25) is 0 Å². The molecule has 1 amide bonds. The SMILES string of the molecule is O=C1CCc2cc(S(=O)(=O)N3CCN(Cc4cccc5ccccc45)CC3)ccc2N1. The van der Waals surface area contributed by atoms with E-state index in [0.29, 0.717) is 43.9 Å². The summed E-state index contributed by atoms with van der Waals surface area (Å²) in [4.78, 5) is 14.2. The number of hydrogen-bond donors (Lipinski definition) is 1. The second-order valence-electron chi connectivity index (χ2n) is 8.19. The van der Waals surface area contributed by atoms with Gasteiger partial charge in [-0.1, -0.05) is 42.5 Å². The normalized spacial score (nSPS) is 18.0. The molecule has 0 aromatic heterocycles. The minimum atomic E-state index is -3.55. The van der Waals surface area contributed by atoms with Crippen molar-refractivity contribution in [3.05, 3.63) is 71.8 Å². The van der Waals surface area contributed by atoms with Gasteiger partial charge in [-0.25, -0.2) is 8.42 Å². The third-order valence-electron chi connectivity index (χ3n) is 6.22. The Morgan fingerprint density at radius 1 is 0.871 bits per heavy atom. The van der Waals surface area contributed by atoms with Gasteiger partial charge in [0, 0.05) is 44.8 Å². The van der Waals surface area contributed by atoms with Gasteiger partial charge in [0.25, 0.3) is 0 Å². The number of carbonyl (C=O) groups is 1. The molecule has 3 aromatic rings. The highest BCUT2D eigenvalue weighted by atomic mass is 32.2. The molecule has 31 heavy (non-hydrogen) atoms. The molecule has 0 aliphatic carbocycles. The van der Waals surface area contributed by atoms with Gasteiger partial charge in [0.05, 0.1) is 4.90 Å². The largest absolute Gasteiger partial charge is 0.326 e. The number of carbonyl (C=O) groups excluding carboxylic acids is 1. The molecule has 2 aliphatic heterocycles. The van der Waals surface area contributed by atoms with E-state index in [-0.39, 0.29) is 5.91 Å². The fourth-order valence-electron chi connectivity index (χ4n) is 4.47. The number of benzene rings is 3. The second kappa shape index (κ2) is 8.07. The minimum Gasteiger partial charge on any atom is -0.326 e. The first-order valence-electron chi connectivity index (χ1n) is 10.6. The van der Waals surface area contributed by atoms with Gasteiger partial charge >= 0.3 is 0 Å². The first-order chi connectivity index (χ1) is 15.0. The summed E-state index contributed by atoms with van der Waals surface area (Å²) in [6, 6.07) is 19.7. The van der Waals surface area contributed by atoms with E-state index in [4.69, 9.17) is 0 Å². The van der Waals surface area contributed by atoms with Crippen LogP contribution in [0.4, 0.5) is 5.69 Å². The number of nitrogens with zero attached hydrogens (tertiary/aromatic N) is 2. The Morgan fingerprint density at radius 3 is 2.48 bits per heavy atom. The first-order valence-corrected chi connectivity index (χ1v) is 12.1. The van der Waals surface area contributed by atoms with Crippen molar-refractivity contribution in [2.45, 2.75) is 24.3 Å². The van der Waals surface area contributed by atoms with Crippen LogP contribution in [0, 0.1) is 0 Å². The van der Waals surface area contributed by atoms with Gasteiger partial charge in [-0.15, -0.1) is 0 Å². The van der Waals surface area contributed by atoms with Crippen LogP contribution >= 0.6 is 0 Å². The highest BCUT2D eigenvalue weighted by Gasteiger charge is 2.29. The maximum Gasteiger partial charge on any atom is 0.243 e. The fraction of sp³-hybridized carbons (Fsp3) is 0.292. The Balaban J connectivity index is 1.28. The molecule has 6 nitrogen and oxygen atoms in total. The zero-order chi connectivity index (χ0) is 21.4. The van der Waals surface area contributed by atoms with E-state index in [2.05, 4.69) is 46.6 Å². The number of aryl methyl sites for hydroxylation is 1. The standard InChI is InChI=1S/C24H25N3O3S/c28-24-11-8-19-16-21(9-10-23(19)25-24)31(29,30)27-14-12-26(13-15-27)17-20-6-3-5-18-4-1-2-7-22(18)20/h1-7,9-10,16H,8,11-15,17H2,(H,25,28). The smallest absolute Gasteiger partial charge is 0.243 e. The summed E-state index contributed by atoms with van der Waals surface area (Å²) in [6.07, 6.45) is 0.965. The van der Waals surface area contributed by atoms with Gasteiger partial charge in [-0.05, 0) is 46.5 Å². The molecule has 3 aromatic carbocycles. The van der Waals surface area contributed by atoms with Crippen LogP contribution < -0.4 is 5.32 Å². The van der Waals surface area contributed by atoms with Gasteiger partial charge in [0.2, 0.25) is 15.9 Å². The molecule has 160 valence electrons. The average Bonchev–Trinajstić information content (AvgIpc) is 2.79. The molecule has 2 aliphatic rings. The Kier molecular flexibility index (Phi) is 5.25. The van der Waals surface area contributed by atoms with E-state index >= 15 is 0 Å². The van der Waals surface area contributed by atoms with Gasteiger partial charge in [-0.2, -0.15) is 4.31 Å². The molecular formula is C24H25N3O3S. The molecule has 0 atom stereocenters. The van der Waals surface area contributed by atoms with Crippen molar-refractivity contribution in [2.75, 3.05) is 31.5 Å². The van der Waals surface area contributed by atoms with Gasteiger partial charge in [0.1, 0.15) is 0 Å². The van der Waals surface area contributed by atoms with Crippen LogP contribution in [0.1, 0.15) is 17.5 Å². The van der Waals surface area contributed by atoms with Crippen LogP contribution in [0.5, 0.6) is 0 Å². The van der Waals surface area contributed by atoms with Crippen molar-refractivity contribution >= 4 is 32.4 Å². The van der Waals surface area contributed by atoms with Crippen LogP contribution in [0.25, 0.3) is 10.8 Å². The third-order valence-corrected chi connectivity index (χ3v) is 8.11. The monoisotopic (exact) mass is 435 g/mol. The summed E-state index contributed by atoms with van der Waals surface area (Å²) in [6.45, 7) is 3.16. The highest BCUT2D eigenvalue weighted by molar-refractivity contribution is 7.89. The summed E-state index contributed by atoms with van der Waals surface area (Å²) in [5, 5.41) is 5.28. The van der Waals surface area contributed by atoms with E-state index < -0.39 is 10.0 Å². The van der Waals surface area contributed by atoms with Crippen molar-refractivity contribution in [1.82, 2.24) is 9.21 Å². The molecule has 1 saturated heterocycles. The molecule has 7 heteroatoms. The fourth-order valence-corrected chi connectivity index (χ4v) is 5.94. The molecule has 0 saturated carbocycles. The topological polar surface area (TPSA) is 69.7 Å². The second-order valence-corrected chi connectivity index (χ2v) is 10.1. The van der Waals surface area contributed by atoms with E-state index in [1.165, 1.54) is 16.3 Å². The predicted octanol–water partition coefficient (Wildman–Crippen LogP) is 3.23. The zero-order valence-corrected chi connectivity index (χ0v) is 18.1. The molecule has 0 bridgehead atoms. The molecule has 0 spiro atoms. The van der Waals surface area contributed by atoms with E-state index in [0.717, 1.165) is 17.8 Å². The van der Waals surface area contributed by atoms with E-state index in [1.807, 2.05) is 6.07 Å². The van der Waals surface area contributed by atoms with Crippen molar-refractivity contribution in [3.63, 3.8) is 0 Å². The first kappa shape index (κ1) is 20.2. The maximum absolute atomic E-state index is 13.2. The number of hydrogen-bond acceptors (Lipinski definition) is 4. The van der Waals surface area contributed by atoms with Gasteiger partial charge in [-0.3, -0.25) is 9.69 Å². The summed E-state index contributed by atoms with van der Waals surface area (Å²) in [5.74, 6) is -0.0228. The number of anilines is 1. The van der Waals surface area contributed by atoms with Crippen molar-refractivity contribution in [3.8, 4) is 0 Å². The summed E-state index contributed by atoms with van der Waals surface area (Å²) < 4.78 is 28.0. The van der Waals surface area contributed by atoms with Crippen LogP contribution in [0.3, 0.4) is 0 Å². The lowest BCUT2D eigenvalue weighted by atomic mass is 10.0. The van der Waals surface area contributed by atoms with Gasteiger partial charge < -0.3 is 5.32 Å². The Morgan fingerprint density at radius 2 is 1.65 bits per heavy atom. The minimum absolute atomic E-state index is 0.0228. The quantitative estimate of drug-likeness (QED) is 0.683.